The first-order valence-electron chi connectivity index (χ1n) is 8.97. The zero-order chi connectivity index (χ0) is 18.2. The van der Waals surface area contributed by atoms with Crippen LogP contribution in [-0.4, -0.2) is 43.8 Å². The average molecular weight is 355 g/mol. The molecular formula is C20H25N3O3. The number of carbonyl (C=O) groups is 1. The first-order chi connectivity index (χ1) is 12.7. The minimum Gasteiger partial charge on any atom is -0.497 e. The molecule has 1 atom stereocenters. The number of methoxy groups -OCH3 is 1. The number of pyridine rings is 1. The maximum absolute atomic E-state index is 12.4. The first kappa shape index (κ1) is 18.2. The van der Waals surface area contributed by atoms with E-state index in [4.69, 9.17) is 9.47 Å². The number of benzene rings is 1. The van der Waals surface area contributed by atoms with E-state index in [0.29, 0.717) is 24.5 Å². The number of hydrogen-bond donors (Lipinski definition) is 2. The molecule has 1 fully saturated rings. The molecule has 2 heterocycles. The highest BCUT2D eigenvalue weighted by atomic mass is 16.5. The van der Waals surface area contributed by atoms with Gasteiger partial charge < -0.3 is 20.1 Å². The summed E-state index contributed by atoms with van der Waals surface area (Å²) < 4.78 is 10.8. The van der Waals surface area contributed by atoms with Gasteiger partial charge in [0.25, 0.3) is 5.91 Å². The summed E-state index contributed by atoms with van der Waals surface area (Å²) in [6, 6.07) is 11.4. The van der Waals surface area contributed by atoms with Gasteiger partial charge in [0, 0.05) is 31.5 Å². The number of nitrogens with one attached hydrogen (secondary N) is 2. The van der Waals surface area contributed by atoms with Crippen LogP contribution in [0.5, 0.6) is 5.75 Å². The first-order valence-corrected chi connectivity index (χ1v) is 8.97. The summed E-state index contributed by atoms with van der Waals surface area (Å²) in [7, 11) is 1.65. The number of hydrogen-bond acceptors (Lipinski definition) is 5. The number of amides is 1. The highest BCUT2D eigenvalue weighted by Gasteiger charge is 2.15. The fourth-order valence-corrected chi connectivity index (χ4v) is 2.94. The van der Waals surface area contributed by atoms with E-state index in [2.05, 4.69) is 15.6 Å². The third-order valence-electron chi connectivity index (χ3n) is 4.39. The molecule has 0 aliphatic carbocycles. The Balaban J connectivity index is 1.48. The van der Waals surface area contributed by atoms with E-state index in [0.717, 1.165) is 37.2 Å². The number of ether oxygens (including phenoxy) is 2. The molecule has 26 heavy (non-hydrogen) atoms. The van der Waals surface area contributed by atoms with E-state index in [9.17, 15) is 4.79 Å². The van der Waals surface area contributed by atoms with Crippen molar-refractivity contribution in [3.63, 3.8) is 0 Å². The number of anilines is 1. The molecule has 138 valence electrons. The second-order valence-corrected chi connectivity index (χ2v) is 6.30. The van der Waals surface area contributed by atoms with Crippen molar-refractivity contribution in [2.45, 2.75) is 25.4 Å². The monoisotopic (exact) mass is 355 g/mol. The van der Waals surface area contributed by atoms with Crippen LogP contribution in [0.15, 0.2) is 42.6 Å². The van der Waals surface area contributed by atoms with Gasteiger partial charge in [-0.25, -0.2) is 4.98 Å². The van der Waals surface area contributed by atoms with Crippen LogP contribution in [0, 0.1) is 0 Å². The molecule has 2 aromatic rings. The minimum absolute atomic E-state index is 0.101. The van der Waals surface area contributed by atoms with Gasteiger partial charge in [-0.3, -0.25) is 4.79 Å². The Labute approximate surface area is 153 Å². The van der Waals surface area contributed by atoms with E-state index >= 15 is 0 Å². The van der Waals surface area contributed by atoms with Gasteiger partial charge in [0.05, 0.1) is 13.2 Å². The summed E-state index contributed by atoms with van der Waals surface area (Å²) in [4.78, 5) is 16.6. The average Bonchev–Trinajstić information content (AvgIpc) is 3.20. The van der Waals surface area contributed by atoms with Gasteiger partial charge in [-0.15, -0.1) is 0 Å². The molecule has 0 saturated carbocycles. The van der Waals surface area contributed by atoms with Crippen molar-refractivity contribution < 1.29 is 14.3 Å². The molecule has 1 amide bonds. The quantitative estimate of drug-likeness (QED) is 0.762. The molecule has 2 N–H and O–H groups in total. The number of nitrogens with zero attached hydrogens (tertiary/aromatic N) is 1. The maximum Gasteiger partial charge on any atom is 0.251 e. The van der Waals surface area contributed by atoms with Gasteiger partial charge in [0.1, 0.15) is 11.6 Å². The van der Waals surface area contributed by atoms with Crippen molar-refractivity contribution >= 4 is 11.7 Å². The normalized spacial score (nSPS) is 16.3. The zero-order valence-electron chi connectivity index (χ0n) is 15.0. The van der Waals surface area contributed by atoms with Crippen LogP contribution in [-0.2, 0) is 11.2 Å². The Bertz CT molecular complexity index is 730. The predicted molar refractivity (Wildman–Crippen MR) is 101 cm³/mol. The largest absolute Gasteiger partial charge is 0.497 e. The Morgan fingerprint density at radius 3 is 3.08 bits per heavy atom. The van der Waals surface area contributed by atoms with Crippen molar-refractivity contribution in [3.05, 3.63) is 53.7 Å². The van der Waals surface area contributed by atoms with Crippen LogP contribution in [0.3, 0.4) is 0 Å². The SMILES string of the molecule is COc1cccc(CCNC(=O)c2ccnc(NCC3CCCO3)c2)c1. The van der Waals surface area contributed by atoms with E-state index in [1.54, 1.807) is 25.4 Å². The van der Waals surface area contributed by atoms with Gasteiger partial charge in [0.2, 0.25) is 0 Å². The third kappa shape index (κ3) is 5.20. The van der Waals surface area contributed by atoms with Crippen molar-refractivity contribution in [1.82, 2.24) is 10.3 Å². The lowest BCUT2D eigenvalue weighted by molar-refractivity contribution is 0.0954. The fourth-order valence-electron chi connectivity index (χ4n) is 2.94. The number of carbonyl (C=O) groups excluding carboxylic acids is 1. The lowest BCUT2D eigenvalue weighted by atomic mass is 10.1. The molecule has 0 radical (unpaired) electrons. The van der Waals surface area contributed by atoms with Gasteiger partial charge in [-0.2, -0.15) is 0 Å². The van der Waals surface area contributed by atoms with Crippen molar-refractivity contribution in [1.29, 1.82) is 0 Å². The molecule has 3 rings (SSSR count). The molecule has 1 aliphatic heterocycles. The molecule has 6 nitrogen and oxygen atoms in total. The molecule has 6 heteroatoms. The smallest absolute Gasteiger partial charge is 0.251 e. The van der Waals surface area contributed by atoms with Crippen molar-refractivity contribution in [2.75, 3.05) is 32.1 Å². The highest BCUT2D eigenvalue weighted by molar-refractivity contribution is 5.94. The second-order valence-electron chi connectivity index (χ2n) is 6.30. The Hall–Kier alpha value is -2.60. The van der Waals surface area contributed by atoms with Crippen LogP contribution in [0.25, 0.3) is 0 Å². The van der Waals surface area contributed by atoms with Crippen molar-refractivity contribution in [3.8, 4) is 5.75 Å². The molecule has 1 saturated heterocycles. The van der Waals surface area contributed by atoms with E-state index in [1.165, 1.54) is 0 Å². The molecule has 1 aliphatic rings. The highest BCUT2D eigenvalue weighted by Crippen LogP contribution is 2.14. The summed E-state index contributed by atoms with van der Waals surface area (Å²) >= 11 is 0. The lowest BCUT2D eigenvalue weighted by Crippen LogP contribution is -2.26. The minimum atomic E-state index is -0.101. The number of rotatable bonds is 8. The van der Waals surface area contributed by atoms with E-state index < -0.39 is 0 Å². The van der Waals surface area contributed by atoms with E-state index in [-0.39, 0.29) is 12.0 Å². The van der Waals surface area contributed by atoms with E-state index in [1.807, 2.05) is 24.3 Å². The van der Waals surface area contributed by atoms with Gasteiger partial charge in [-0.05, 0) is 49.1 Å². The molecule has 1 aromatic carbocycles. The Kier molecular flexibility index (Phi) is 6.44. The van der Waals surface area contributed by atoms with Crippen LogP contribution in [0.4, 0.5) is 5.82 Å². The number of aromatic nitrogens is 1. The second kappa shape index (κ2) is 9.20. The Morgan fingerprint density at radius 2 is 2.27 bits per heavy atom. The summed E-state index contributed by atoms with van der Waals surface area (Å²) in [6.45, 7) is 2.11. The van der Waals surface area contributed by atoms with Crippen LogP contribution in [0.1, 0.15) is 28.8 Å². The van der Waals surface area contributed by atoms with Gasteiger partial charge >= 0.3 is 0 Å². The summed E-state index contributed by atoms with van der Waals surface area (Å²) in [5, 5.41) is 6.20. The topological polar surface area (TPSA) is 72.5 Å². The Morgan fingerprint density at radius 1 is 1.35 bits per heavy atom. The summed E-state index contributed by atoms with van der Waals surface area (Å²) in [5.41, 5.74) is 1.72. The summed E-state index contributed by atoms with van der Waals surface area (Å²) in [6.07, 6.45) is 4.80. The van der Waals surface area contributed by atoms with Crippen molar-refractivity contribution in [2.24, 2.45) is 0 Å². The third-order valence-corrected chi connectivity index (χ3v) is 4.39. The fraction of sp³-hybridized carbons (Fsp3) is 0.400. The van der Waals surface area contributed by atoms with Crippen LogP contribution in [0.2, 0.25) is 0 Å². The maximum atomic E-state index is 12.4. The van der Waals surface area contributed by atoms with Gasteiger partial charge in [0.15, 0.2) is 0 Å². The summed E-state index contributed by atoms with van der Waals surface area (Å²) in [5.74, 6) is 1.42. The molecule has 0 spiro atoms. The lowest BCUT2D eigenvalue weighted by Gasteiger charge is -2.12. The zero-order valence-corrected chi connectivity index (χ0v) is 15.0. The molecular weight excluding hydrogens is 330 g/mol. The molecule has 1 unspecified atom stereocenters. The van der Waals surface area contributed by atoms with Crippen LogP contribution >= 0.6 is 0 Å². The standard InChI is InChI=1S/C20H25N3O3/c1-25-17-5-2-4-15(12-17)7-9-22-20(24)16-8-10-21-19(13-16)23-14-18-6-3-11-26-18/h2,4-5,8,10,12-13,18H,3,6-7,9,11,14H2,1H3,(H,21,23)(H,22,24). The molecule has 0 bridgehead atoms. The predicted octanol–water partition coefficient (Wildman–Crippen LogP) is 2.65. The van der Waals surface area contributed by atoms with Crippen LogP contribution < -0.4 is 15.4 Å². The molecule has 1 aromatic heterocycles. The van der Waals surface area contributed by atoms with Gasteiger partial charge in [-0.1, -0.05) is 12.1 Å².